The first-order chi connectivity index (χ1) is 17.4. The van der Waals surface area contributed by atoms with E-state index in [1.165, 1.54) is 0 Å². The summed E-state index contributed by atoms with van der Waals surface area (Å²) >= 11 is 0. The van der Waals surface area contributed by atoms with Crippen LogP contribution in [0.4, 0.5) is 4.79 Å². The number of nitrogens with two attached hydrogens (primary N) is 1. The quantitative estimate of drug-likeness (QED) is 0.343. The van der Waals surface area contributed by atoms with Crippen molar-refractivity contribution in [3.05, 3.63) is 35.4 Å². The van der Waals surface area contributed by atoms with Crippen LogP contribution in [-0.4, -0.2) is 52.9 Å². The molecule has 9 heteroatoms. The third-order valence-corrected chi connectivity index (χ3v) is 6.39. The first-order valence-corrected chi connectivity index (χ1v) is 13.4. The van der Waals surface area contributed by atoms with Crippen LogP contribution in [0.3, 0.4) is 0 Å². The number of benzene rings is 1. The van der Waals surface area contributed by atoms with Crippen molar-refractivity contribution in [1.82, 2.24) is 15.5 Å². The van der Waals surface area contributed by atoms with Crippen LogP contribution in [0, 0.1) is 6.92 Å². The number of amides is 4. The fourth-order valence-corrected chi connectivity index (χ4v) is 4.23. The van der Waals surface area contributed by atoms with Crippen molar-refractivity contribution < 1.29 is 23.9 Å². The van der Waals surface area contributed by atoms with Crippen LogP contribution in [-0.2, 0) is 19.1 Å². The van der Waals surface area contributed by atoms with Crippen LogP contribution in [0.2, 0.25) is 0 Å². The highest BCUT2D eigenvalue weighted by molar-refractivity contribution is 5.92. The van der Waals surface area contributed by atoms with Gasteiger partial charge in [-0.15, -0.1) is 0 Å². The molecule has 2 unspecified atom stereocenters. The van der Waals surface area contributed by atoms with E-state index in [-0.39, 0.29) is 24.8 Å². The van der Waals surface area contributed by atoms with Gasteiger partial charge in [0.15, 0.2) is 0 Å². The zero-order chi connectivity index (χ0) is 27.6. The average molecular weight is 517 g/mol. The third kappa shape index (κ3) is 9.70. The summed E-state index contributed by atoms with van der Waals surface area (Å²) in [6.45, 7) is 9.75. The predicted octanol–water partition coefficient (Wildman–Crippen LogP) is 3.88. The van der Waals surface area contributed by atoms with E-state index >= 15 is 0 Å². The zero-order valence-corrected chi connectivity index (χ0v) is 23.0. The van der Waals surface area contributed by atoms with Crippen molar-refractivity contribution >= 4 is 23.8 Å². The molecule has 2 rings (SSSR count). The molecule has 0 bridgehead atoms. The largest absolute Gasteiger partial charge is 0.444 e. The van der Waals surface area contributed by atoms with Gasteiger partial charge in [0.25, 0.3) is 0 Å². The summed E-state index contributed by atoms with van der Waals surface area (Å²) in [5.74, 6) is -1.26. The van der Waals surface area contributed by atoms with Crippen LogP contribution in [0.5, 0.6) is 0 Å². The fourth-order valence-electron chi connectivity index (χ4n) is 4.23. The summed E-state index contributed by atoms with van der Waals surface area (Å²) in [5, 5.41) is 5.65. The van der Waals surface area contributed by atoms with E-state index in [9.17, 15) is 19.2 Å². The normalized spacial score (nSPS) is 15.2. The lowest BCUT2D eigenvalue weighted by Gasteiger charge is -2.43. The van der Waals surface area contributed by atoms with Gasteiger partial charge < -0.3 is 26.0 Å². The van der Waals surface area contributed by atoms with Crippen LogP contribution in [0.1, 0.15) is 96.2 Å². The molecular formula is C28H44N4O5. The lowest BCUT2D eigenvalue weighted by atomic mass is 9.87. The summed E-state index contributed by atoms with van der Waals surface area (Å²) in [6, 6.07) is 5.48. The molecule has 0 aromatic heterocycles. The standard InChI is InChI=1S/C28H44N4O5/c1-6-7-8-18-30-25(34)24(20-14-12-19(2)13-15-20)32(21-10-9-11-21)26(35)22(16-17-23(29)33)31-27(36)37-28(3,4)5/h12-15,21-22,24H,6-11,16-18H2,1-5H3,(H2,29,33)(H,30,34)(H,31,36). The first kappa shape index (κ1) is 30.1. The SMILES string of the molecule is CCCCCNC(=O)C(c1ccc(C)cc1)N(C(=O)C(CCC(N)=O)NC(=O)OC(C)(C)C)C1CCC1. The maximum absolute atomic E-state index is 14.1. The number of unbranched alkanes of at least 4 members (excludes halogenated alkanes) is 2. The summed E-state index contributed by atoms with van der Waals surface area (Å²) in [6.07, 6.45) is 4.48. The Kier molecular flexibility index (Phi) is 11.4. The maximum atomic E-state index is 14.1. The second-order valence-electron chi connectivity index (χ2n) is 10.8. The van der Waals surface area contributed by atoms with Gasteiger partial charge in [-0.25, -0.2) is 4.79 Å². The Morgan fingerprint density at radius 1 is 1.11 bits per heavy atom. The van der Waals surface area contributed by atoms with Gasteiger partial charge in [-0.3, -0.25) is 14.4 Å². The van der Waals surface area contributed by atoms with Gasteiger partial charge in [-0.05, 0) is 65.4 Å². The van der Waals surface area contributed by atoms with Crippen molar-refractivity contribution in [2.45, 2.75) is 110 Å². The molecule has 4 amide bonds. The molecule has 4 N–H and O–H groups in total. The van der Waals surface area contributed by atoms with E-state index in [0.717, 1.165) is 44.1 Å². The molecule has 9 nitrogen and oxygen atoms in total. The molecule has 0 aliphatic heterocycles. The van der Waals surface area contributed by atoms with Crippen LogP contribution >= 0.6 is 0 Å². The Bertz CT molecular complexity index is 921. The fraction of sp³-hybridized carbons (Fsp3) is 0.643. The predicted molar refractivity (Wildman–Crippen MR) is 143 cm³/mol. The number of carbonyl (C=O) groups excluding carboxylic acids is 4. The minimum atomic E-state index is -1.07. The number of nitrogens with zero attached hydrogens (tertiary/aromatic N) is 1. The number of alkyl carbamates (subject to hydrolysis) is 1. The highest BCUT2D eigenvalue weighted by Gasteiger charge is 2.41. The minimum absolute atomic E-state index is 0.00929. The van der Waals surface area contributed by atoms with Gasteiger partial charge in [-0.2, -0.15) is 0 Å². The van der Waals surface area contributed by atoms with Crippen molar-refractivity contribution in [2.75, 3.05) is 6.54 Å². The Morgan fingerprint density at radius 2 is 1.76 bits per heavy atom. The Hall–Kier alpha value is -3.10. The van der Waals surface area contributed by atoms with Crippen molar-refractivity contribution in [2.24, 2.45) is 5.73 Å². The number of rotatable bonds is 13. The Balaban J connectivity index is 2.42. The molecule has 0 radical (unpaired) electrons. The second-order valence-corrected chi connectivity index (χ2v) is 10.8. The molecule has 0 spiro atoms. The molecule has 1 fully saturated rings. The molecule has 1 saturated carbocycles. The molecule has 2 atom stereocenters. The molecule has 1 aromatic carbocycles. The van der Waals surface area contributed by atoms with E-state index in [0.29, 0.717) is 12.1 Å². The first-order valence-electron chi connectivity index (χ1n) is 13.4. The lowest BCUT2D eigenvalue weighted by Crippen LogP contribution is -2.57. The number of hydrogen-bond acceptors (Lipinski definition) is 5. The van der Waals surface area contributed by atoms with E-state index in [4.69, 9.17) is 10.5 Å². The van der Waals surface area contributed by atoms with E-state index < -0.39 is 35.6 Å². The van der Waals surface area contributed by atoms with Gasteiger partial charge in [0.05, 0.1) is 0 Å². The number of ether oxygens (including phenoxy) is 1. The maximum Gasteiger partial charge on any atom is 0.408 e. The molecular weight excluding hydrogens is 472 g/mol. The van der Waals surface area contributed by atoms with Gasteiger partial charge >= 0.3 is 6.09 Å². The number of carbonyl (C=O) groups is 4. The van der Waals surface area contributed by atoms with E-state index in [2.05, 4.69) is 17.6 Å². The smallest absolute Gasteiger partial charge is 0.408 e. The summed E-state index contributed by atoms with van der Waals surface area (Å²) in [7, 11) is 0. The van der Waals surface area contributed by atoms with Crippen molar-refractivity contribution in [1.29, 1.82) is 0 Å². The summed E-state index contributed by atoms with van der Waals surface area (Å²) in [5.41, 5.74) is 6.34. The van der Waals surface area contributed by atoms with Crippen LogP contribution in [0.25, 0.3) is 0 Å². The number of aryl methyl sites for hydroxylation is 1. The Morgan fingerprint density at radius 3 is 2.27 bits per heavy atom. The molecule has 0 saturated heterocycles. The van der Waals surface area contributed by atoms with Crippen molar-refractivity contribution in [3.63, 3.8) is 0 Å². The molecule has 1 aliphatic carbocycles. The van der Waals surface area contributed by atoms with Gasteiger partial charge in [0.1, 0.15) is 17.7 Å². The third-order valence-electron chi connectivity index (χ3n) is 6.39. The zero-order valence-electron chi connectivity index (χ0n) is 23.0. The highest BCUT2D eigenvalue weighted by Crippen LogP contribution is 2.34. The molecule has 37 heavy (non-hydrogen) atoms. The monoisotopic (exact) mass is 516 g/mol. The summed E-state index contributed by atoms with van der Waals surface area (Å²) in [4.78, 5) is 53.4. The number of nitrogens with one attached hydrogen (secondary N) is 2. The molecule has 1 aromatic rings. The van der Waals surface area contributed by atoms with Gasteiger partial charge in [0.2, 0.25) is 17.7 Å². The van der Waals surface area contributed by atoms with E-state index in [1.54, 1.807) is 25.7 Å². The second kappa shape index (κ2) is 14.0. The van der Waals surface area contributed by atoms with Crippen LogP contribution < -0.4 is 16.4 Å². The van der Waals surface area contributed by atoms with Gasteiger partial charge in [-0.1, -0.05) is 49.6 Å². The number of hydrogen-bond donors (Lipinski definition) is 3. The average Bonchev–Trinajstić information content (AvgIpc) is 2.77. The van der Waals surface area contributed by atoms with Crippen LogP contribution in [0.15, 0.2) is 24.3 Å². The van der Waals surface area contributed by atoms with E-state index in [1.807, 2.05) is 31.2 Å². The molecule has 0 heterocycles. The highest BCUT2D eigenvalue weighted by atomic mass is 16.6. The molecule has 206 valence electrons. The lowest BCUT2D eigenvalue weighted by molar-refractivity contribution is -0.147. The van der Waals surface area contributed by atoms with Crippen molar-refractivity contribution in [3.8, 4) is 0 Å². The topological polar surface area (TPSA) is 131 Å². The minimum Gasteiger partial charge on any atom is -0.444 e. The Labute approximate surface area is 220 Å². The van der Waals surface area contributed by atoms with Gasteiger partial charge in [0, 0.05) is 19.0 Å². The summed E-state index contributed by atoms with van der Waals surface area (Å²) < 4.78 is 5.37. The molecule has 1 aliphatic rings. The number of primary amides is 1.